The first-order valence-corrected chi connectivity index (χ1v) is 7.32. The van der Waals surface area contributed by atoms with Crippen LogP contribution in [0, 0.1) is 5.41 Å². The molecule has 0 spiro atoms. The van der Waals surface area contributed by atoms with Crippen molar-refractivity contribution in [2.24, 2.45) is 12.5 Å². The van der Waals surface area contributed by atoms with E-state index in [9.17, 15) is 0 Å². The monoisotopic (exact) mass is 278 g/mol. The lowest BCUT2D eigenvalue weighted by Gasteiger charge is -2.35. The number of hydrogen-bond donors (Lipinski definition) is 0. The fourth-order valence-electron chi connectivity index (χ4n) is 2.94. The van der Waals surface area contributed by atoms with E-state index >= 15 is 0 Å². The van der Waals surface area contributed by atoms with Crippen LogP contribution in [0.3, 0.4) is 0 Å². The van der Waals surface area contributed by atoms with E-state index in [0.717, 1.165) is 32.5 Å². The van der Waals surface area contributed by atoms with E-state index in [2.05, 4.69) is 24.3 Å². The fourth-order valence-corrected chi connectivity index (χ4v) is 3.30. The summed E-state index contributed by atoms with van der Waals surface area (Å²) in [5.74, 6) is 0.682. The zero-order chi connectivity index (χ0) is 13.3. The third kappa shape index (κ3) is 2.37. The molecular formula is C15H19ClN2O. The standard InChI is InChI=1S/C15H19ClN2O/c1-18-14-5-3-2-4-12(14)13(17-18)10-15(11-16)6-8-19-9-7-15/h2-5H,6-11H2,1H3. The van der Waals surface area contributed by atoms with Crippen LogP contribution >= 0.6 is 11.6 Å². The highest BCUT2D eigenvalue weighted by molar-refractivity contribution is 6.18. The molecule has 0 atom stereocenters. The average molecular weight is 279 g/mol. The van der Waals surface area contributed by atoms with Crippen molar-refractivity contribution in [2.75, 3.05) is 19.1 Å². The van der Waals surface area contributed by atoms with Crippen molar-refractivity contribution in [3.8, 4) is 0 Å². The zero-order valence-corrected chi connectivity index (χ0v) is 12.0. The average Bonchev–Trinajstić information content (AvgIpc) is 2.77. The van der Waals surface area contributed by atoms with E-state index in [-0.39, 0.29) is 5.41 Å². The molecular weight excluding hydrogens is 260 g/mol. The van der Waals surface area contributed by atoms with E-state index in [4.69, 9.17) is 21.4 Å². The van der Waals surface area contributed by atoms with Gasteiger partial charge in [0.15, 0.2) is 0 Å². The second kappa shape index (κ2) is 5.14. The first-order valence-electron chi connectivity index (χ1n) is 6.78. The van der Waals surface area contributed by atoms with Gasteiger partial charge in [0.05, 0.1) is 11.2 Å². The number of para-hydroxylation sites is 1. The quantitative estimate of drug-likeness (QED) is 0.807. The Morgan fingerprint density at radius 3 is 2.79 bits per heavy atom. The Labute approximate surface area is 118 Å². The normalized spacial score (nSPS) is 18.8. The molecule has 1 saturated heterocycles. The summed E-state index contributed by atoms with van der Waals surface area (Å²) in [5, 5.41) is 5.94. The van der Waals surface area contributed by atoms with Crippen molar-refractivity contribution < 1.29 is 4.74 Å². The summed E-state index contributed by atoms with van der Waals surface area (Å²) in [7, 11) is 2.00. The largest absolute Gasteiger partial charge is 0.381 e. The Hall–Kier alpha value is -1.06. The van der Waals surface area contributed by atoms with Crippen LogP contribution in [0.25, 0.3) is 10.9 Å². The lowest BCUT2D eigenvalue weighted by atomic mass is 9.78. The number of hydrogen-bond acceptors (Lipinski definition) is 2. The fraction of sp³-hybridized carbons (Fsp3) is 0.533. The first-order chi connectivity index (χ1) is 9.24. The maximum Gasteiger partial charge on any atom is 0.0709 e. The van der Waals surface area contributed by atoms with Crippen LogP contribution in [-0.4, -0.2) is 28.9 Å². The Morgan fingerprint density at radius 1 is 1.32 bits per heavy atom. The molecule has 1 aliphatic rings. The van der Waals surface area contributed by atoms with Gasteiger partial charge < -0.3 is 4.74 Å². The smallest absolute Gasteiger partial charge is 0.0709 e. The maximum atomic E-state index is 6.25. The lowest BCUT2D eigenvalue weighted by molar-refractivity contribution is 0.0254. The number of ether oxygens (including phenoxy) is 1. The maximum absolute atomic E-state index is 6.25. The predicted molar refractivity (Wildman–Crippen MR) is 77.6 cm³/mol. The molecule has 2 aromatic rings. The Bertz CT molecular complexity index is 573. The number of halogens is 1. The molecule has 0 amide bonds. The third-order valence-electron chi connectivity index (χ3n) is 4.21. The molecule has 1 aromatic carbocycles. The van der Waals surface area contributed by atoms with Crippen LogP contribution in [-0.2, 0) is 18.2 Å². The molecule has 0 saturated carbocycles. The van der Waals surface area contributed by atoms with E-state index in [0.29, 0.717) is 5.88 Å². The number of fused-ring (bicyclic) bond motifs is 1. The zero-order valence-electron chi connectivity index (χ0n) is 11.2. The molecule has 19 heavy (non-hydrogen) atoms. The van der Waals surface area contributed by atoms with Gasteiger partial charge in [-0.1, -0.05) is 18.2 Å². The van der Waals surface area contributed by atoms with Crippen LogP contribution in [0.1, 0.15) is 18.5 Å². The lowest BCUT2D eigenvalue weighted by Crippen LogP contribution is -2.33. The highest BCUT2D eigenvalue weighted by Gasteiger charge is 2.33. The highest BCUT2D eigenvalue weighted by Crippen LogP contribution is 2.36. The van der Waals surface area contributed by atoms with Crippen LogP contribution in [0.5, 0.6) is 0 Å². The topological polar surface area (TPSA) is 27.1 Å². The van der Waals surface area contributed by atoms with Gasteiger partial charge in [-0.15, -0.1) is 11.6 Å². The van der Waals surface area contributed by atoms with Gasteiger partial charge in [-0.25, -0.2) is 0 Å². The van der Waals surface area contributed by atoms with Crippen molar-refractivity contribution in [1.82, 2.24) is 9.78 Å². The number of rotatable bonds is 3. The van der Waals surface area contributed by atoms with Crippen molar-refractivity contribution in [3.63, 3.8) is 0 Å². The number of nitrogens with zero attached hydrogens (tertiary/aromatic N) is 2. The summed E-state index contributed by atoms with van der Waals surface area (Å²) in [4.78, 5) is 0. The summed E-state index contributed by atoms with van der Waals surface area (Å²) in [6.07, 6.45) is 3.00. The molecule has 3 rings (SSSR count). The Kier molecular flexibility index (Phi) is 3.50. The third-order valence-corrected chi connectivity index (χ3v) is 4.78. The van der Waals surface area contributed by atoms with E-state index in [1.165, 1.54) is 16.6 Å². The van der Waals surface area contributed by atoms with Crippen molar-refractivity contribution >= 4 is 22.5 Å². The minimum Gasteiger partial charge on any atom is -0.381 e. The Morgan fingerprint density at radius 2 is 2.05 bits per heavy atom. The van der Waals surface area contributed by atoms with Gasteiger partial charge in [0.2, 0.25) is 0 Å². The summed E-state index contributed by atoms with van der Waals surface area (Å²) in [6.45, 7) is 1.63. The van der Waals surface area contributed by atoms with Crippen molar-refractivity contribution in [3.05, 3.63) is 30.0 Å². The molecule has 0 radical (unpaired) electrons. The van der Waals surface area contributed by atoms with Gasteiger partial charge >= 0.3 is 0 Å². The minimum atomic E-state index is 0.150. The van der Waals surface area contributed by atoms with Crippen LogP contribution in [0.15, 0.2) is 24.3 Å². The second-order valence-corrected chi connectivity index (χ2v) is 5.78. The molecule has 0 bridgehead atoms. The van der Waals surface area contributed by atoms with Gasteiger partial charge in [-0.2, -0.15) is 5.10 Å². The summed E-state index contributed by atoms with van der Waals surface area (Å²) in [5.41, 5.74) is 2.51. The number of benzene rings is 1. The van der Waals surface area contributed by atoms with Gasteiger partial charge in [0, 0.05) is 31.5 Å². The second-order valence-electron chi connectivity index (χ2n) is 5.51. The van der Waals surface area contributed by atoms with Crippen molar-refractivity contribution in [2.45, 2.75) is 19.3 Å². The first kappa shape index (κ1) is 12.9. The van der Waals surface area contributed by atoms with E-state index in [1.807, 2.05) is 11.7 Å². The SMILES string of the molecule is Cn1nc(CC2(CCl)CCOCC2)c2ccccc21. The molecule has 0 N–H and O–H groups in total. The van der Waals surface area contributed by atoms with Gasteiger partial charge in [0.25, 0.3) is 0 Å². The molecule has 102 valence electrons. The molecule has 1 aromatic heterocycles. The van der Waals surface area contributed by atoms with Crippen molar-refractivity contribution in [1.29, 1.82) is 0 Å². The molecule has 3 nitrogen and oxygen atoms in total. The number of alkyl halides is 1. The predicted octanol–water partition coefficient (Wildman–Crippen LogP) is 3.15. The molecule has 4 heteroatoms. The summed E-state index contributed by atoms with van der Waals surface area (Å²) < 4.78 is 7.44. The van der Waals surface area contributed by atoms with E-state index in [1.54, 1.807) is 0 Å². The van der Waals surface area contributed by atoms with Gasteiger partial charge in [-0.3, -0.25) is 4.68 Å². The molecule has 1 aliphatic heterocycles. The van der Waals surface area contributed by atoms with Gasteiger partial charge in [-0.05, 0) is 30.7 Å². The molecule has 2 heterocycles. The van der Waals surface area contributed by atoms with Crippen LogP contribution in [0.2, 0.25) is 0 Å². The highest BCUT2D eigenvalue weighted by atomic mass is 35.5. The number of aromatic nitrogens is 2. The van der Waals surface area contributed by atoms with Crippen LogP contribution in [0.4, 0.5) is 0 Å². The molecule has 0 unspecified atom stereocenters. The summed E-state index contributed by atoms with van der Waals surface area (Å²) >= 11 is 6.25. The molecule has 0 aliphatic carbocycles. The minimum absolute atomic E-state index is 0.150. The van der Waals surface area contributed by atoms with E-state index < -0.39 is 0 Å². The summed E-state index contributed by atoms with van der Waals surface area (Å²) in [6, 6.07) is 8.40. The number of aryl methyl sites for hydroxylation is 1. The molecule has 1 fully saturated rings. The van der Waals surface area contributed by atoms with Gasteiger partial charge in [0.1, 0.15) is 0 Å². The van der Waals surface area contributed by atoms with Crippen LogP contribution < -0.4 is 0 Å². The Balaban J connectivity index is 1.96.